The van der Waals surface area contributed by atoms with Crippen molar-refractivity contribution in [2.24, 2.45) is 5.73 Å². The Morgan fingerprint density at radius 1 is 1.24 bits per heavy atom. The van der Waals surface area contributed by atoms with Crippen molar-refractivity contribution in [3.8, 4) is 0 Å². The maximum atomic E-state index is 7.82. The number of hydrogen-bond acceptors (Lipinski definition) is 3. The summed E-state index contributed by atoms with van der Waals surface area (Å²) in [6.07, 6.45) is 1.02. The first kappa shape index (κ1) is 15.0. The van der Waals surface area contributed by atoms with Crippen LogP contribution in [0.2, 0.25) is 0 Å². The summed E-state index contributed by atoms with van der Waals surface area (Å²) in [6, 6.07) is 10.4. The molecule has 0 bridgehead atoms. The third-order valence-electron chi connectivity index (χ3n) is 3.67. The Morgan fingerprint density at radius 2 is 1.86 bits per heavy atom. The molecule has 0 aliphatic carbocycles. The lowest BCUT2D eigenvalue weighted by atomic mass is 10.1. The van der Waals surface area contributed by atoms with Crippen LogP contribution < -0.4 is 10.6 Å². The maximum Gasteiger partial charge on any atom is 0.126 e. The predicted molar refractivity (Wildman–Crippen MR) is 88.6 cm³/mol. The Hall–Kier alpha value is -2.36. The molecule has 0 spiro atoms. The average Bonchev–Trinajstić information content (AvgIpc) is 2.45. The van der Waals surface area contributed by atoms with E-state index in [1.165, 1.54) is 5.56 Å². The van der Waals surface area contributed by atoms with E-state index in [2.05, 4.69) is 41.1 Å². The Balaban J connectivity index is 2.51. The molecule has 110 valence electrons. The Labute approximate surface area is 126 Å². The average molecular weight is 282 g/mol. The smallest absolute Gasteiger partial charge is 0.126 e. The van der Waals surface area contributed by atoms with Crippen LogP contribution in [0.5, 0.6) is 0 Å². The van der Waals surface area contributed by atoms with Gasteiger partial charge in [0.05, 0.1) is 16.9 Å². The molecule has 0 radical (unpaired) electrons. The number of aromatic nitrogens is 1. The van der Waals surface area contributed by atoms with Crippen molar-refractivity contribution in [2.45, 2.75) is 27.2 Å². The van der Waals surface area contributed by atoms with Gasteiger partial charge in [0.25, 0.3) is 0 Å². The molecule has 0 atom stereocenters. The number of pyridine rings is 1. The van der Waals surface area contributed by atoms with Gasteiger partial charge in [0.2, 0.25) is 0 Å². The molecule has 0 fully saturated rings. The molecule has 0 aliphatic rings. The fraction of sp³-hybridized carbons (Fsp3) is 0.294. The van der Waals surface area contributed by atoms with E-state index in [1.54, 1.807) is 0 Å². The highest BCUT2D eigenvalue weighted by atomic mass is 15.1. The van der Waals surface area contributed by atoms with Gasteiger partial charge in [-0.15, -0.1) is 0 Å². The van der Waals surface area contributed by atoms with Crippen molar-refractivity contribution in [1.82, 2.24) is 4.98 Å². The first-order valence-electron chi connectivity index (χ1n) is 7.09. The van der Waals surface area contributed by atoms with E-state index in [0.29, 0.717) is 5.56 Å². The molecule has 0 unspecified atom stereocenters. The van der Waals surface area contributed by atoms with Gasteiger partial charge in [-0.25, -0.2) is 0 Å². The summed E-state index contributed by atoms with van der Waals surface area (Å²) >= 11 is 0. The predicted octanol–water partition coefficient (Wildman–Crippen LogP) is 3.31. The Kier molecular flexibility index (Phi) is 4.26. The molecule has 0 saturated heterocycles. The summed E-state index contributed by atoms with van der Waals surface area (Å²) in [5, 5.41) is 7.82. The van der Waals surface area contributed by atoms with E-state index < -0.39 is 0 Å². The van der Waals surface area contributed by atoms with Crippen molar-refractivity contribution in [3.63, 3.8) is 0 Å². The number of nitrogens with two attached hydrogens (primary N) is 1. The monoisotopic (exact) mass is 282 g/mol. The van der Waals surface area contributed by atoms with Crippen LogP contribution in [-0.2, 0) is 6.42 Å². The largest absolute Gasteiger partial charge is 0.384 e. The van der Waals surface area contributed by atoms with Gasteiger partial charge in [-0.3, -0.25) is 10.4 Å². The molecule has 0 aliphatic heterocycles. The Bertz CT molecular complexity index is 659. The molecular formula is C17H22N4. The summed E-state index contributed by atoms with van der Waals surface area (Å²) < 4.78 is 0. The number of amidine groups is 1. The van der Waals surface area contributed by atoms with Crippen LogP contribution in [0.25, 0.3) is 0 Å². The summed E-state index contributed by atoms with van der Waals surface area (Å²) in [5.41, 5.74) is 11.4. The number of nitrogen functional groups attached to an aromatic ring is 1. The zero-order valence-corrected chi connectivity index (χ0v) is 13.1. The first-order chi connectivity index (χ1) is 9.93. The van der Waals surface area contributed by atoms with Gasteiger partial charge >= 0.3 is 0 Å². The van der Waals surface area contributed by atoms with E-state index >= 15 is 0 Å². The highest BCUT2D eigenvalue weighted by Crippen LogP contribution is 2.29. The molecule has 2 aromatic rings. The van der Waals surface area contributed by atoms with Gasteiger partial charge in [0, 0.05) is 18.4 Å². The summed E-state index contributed by atoms with van der Waals surface area (Å²) in [6.45, 7) is 5.98. The zero-order valence-electron chi connectivity index (χ0n) is 13.1. The van der Waals surface area contributed by atoms with E-state index in [9.17, 15) is 0 Å². The number of nitrogens with one attached hydrogen (secondary N) is 1. The minimum Gasteiger partial charge on any atom is -0.384 e. The minimum atomic E-state index is 0.0482. The van der Waals surface area contributed by atoms with Gasteiger partial charge in [-0.1, -0.05) is 19.1 Å². The SMILES string of the molecule is CCc1ccc(N(C)c2cc(C)nc(C)c2C(=N)N)cc1. The molecule has 2 rings (SSSR count). The van der Waals surface area contributed by atoms with Gasteiger partial charge in [0.15, 0.2) is 0 Å². The minimum absolute atomic E-state index is 0.0482. The van der Waals surface area contributed by atoms with Crippen LogP contribution in [0.3, 0.4) is 0 Å². The lowest BCUT2D eigenvalue weighted by molar-refractivity contribution is 1.08. The van der Waals surface area contributed by atoms with Crippen LogP contribution in [0.1, 0.15) is 29.4 Å². The number of aryl methyl sites for hydroxylation is 3. The lowest BCUT2D eigenvalue weighted by Gasteiger charge is -2.24. The van der Waals surface area contributed by atoms with Crippen LogP contribution in [-0.4, -0.2) is 17.9 Å². The van der Waals surface area contributed by atoms with Gasteiger partial charge in [-0.2, -0.15) is 0 Å². The fourth-order valence-electron chi connectivity index (χ4n) is 2.50. The summed E-state index contributed by atoms with van der Waals surface area (Å²) in [7, 11) is 1.99. The van der Waals surface area contributed by atoms with Gasteiger partial charge in [-0.05, 0) is 44.0 Å². The number of anilines is 2. The highest BCUT2D eigenvalue weighted by molar-refractivity contribution is 6.02. The van der Waals surface area contributed by atoms with E-state index in [1.807, 2.05) is 27.0 Å². The highest BCUT2D eigenvalue weighted by Gasteiger charge is 2.15. The van der Waals surface area contributed by atoms with Crippen LogP contribution in [0.15, 0.2) is 30.3 Å². The van der Waals surface area contributed by atoms with Crippen molar-refractivity contribution < 1.29 is 0 Å². The topological polar surface area (TPSA) is 66.0 Å². The van der Waals surface area contributed by atoms with Crippen LogP contribution in [0.4, 0.5) is 11.4 Å². The standard InChI is InChI=1S/C17H22N4/c1-5-13-6-8-14(9-7-13)21(4)15-10-11(2)20-12(3)16(15)17(18)19/h6-10H,5H2,1-4H3,(H3,18,19). The fourth-order valence-corrected chi connectivity index (χ4v) is 2.50. The van der Waals surface area contributed by atoms with Gasteiger partial charge in [0.1, 0.15) is 5.84 Å². The van der Waals surface area contributed by atoms with E-state index in [4.69, 9.17) is 11.1 Å². The molecule has 1 aromatic carbocycles. The number of hydrogen-bond donors (Lipinski definition) is 2. The van der Waals surface area contributed by atoms with Crippen LogP contribution in [0, 0.1) is 19.3 Å². The molecule has 4 heteroatoms. The molecule has 1 aromatic heterocycles. The second kappa shape index (κ2) is 5.95. The van der Waals surface area contributed by atoms with E-state index in [-0.39, 0.29) is 5.84 Å². The summed E-state index contributed by atoms with van der Waals surface area (Å²) in [5.74, 6) is 0.0482. The third kappa shape index (κ3) is 3.05. The normalized spacial score (nSPS) is 10.5. The maximum absolute atomic E-state index is 7.82. The molecule has 3 N–H and O–H groups in total. The Morgan fingerprint density at radius 3 is 2.38 bits per heavy atom. The third-order valence-corrected chi connectivity index (χ3v) is 3.67. The lowest BCUT2D eigenvalue weighted by Crippen LogP contribution is -2.21. The zero-order chi connectivity index (χ0) is 15.6. The van der Waals surface area contributed by atoms with Crippen molar-refractivity contribution >= 4 is 17.2 Å². The number of benzene rings is 1. The molecule has 1 heterocycles. The second-order valence-corrected chi connectivity index (χ2v) is 5.24. The molecular weight excluding hydrogens is 260 g/mol. The van der Waals surface area contributed by atoms with Crippen molar-refractivity contribution in [3.05, 3.63) is 52.8 Å². The molecule has 21 heavy (non-hydrogen) atoms. The second-order valence-electron chi connectivity index (χ2n) is 5.24. The van der Waals surface area contributed by atoms with E-state index in [0.717, 1.165) is 29.2 Å². The number of rotatable bonds is 4. The van der Waals surface area contributed by atoms with Crippen LogP contribution >= 0.6 is 0 Å². The first-order valence-corrected chi connectivity index (χ1v) is 7.09. The van der Waals surface area contributed by atoms with Gasteiger partial charge < -0.3 is 10.6 Å². The number of nitrogens with zero attached hydrogens (tertiary/aromatic N) is 2. The van der Waals surface area contributed by atoms with Crippen molar-refractivity contribution in [2.75, 3.05) is 11.9 Å². The molecule has 0 amide bonds. The van der Waals surface area contributed by atoms with Crippen molar-refractivity contribution in [1.29, 1.82) is 5.41 Å². The molecule has 4 nitrogen and oxygen atoms in total. The molecule has 0 saturated carbocycles. The summed E-state index contributed by atoms with van der Waals surface area (Å²) in [4.78, 5) is 6.46. The quantitative estimate of drug-likeness (QED) is 0.668.